The van der Waals surface area contributed by atoms with Crippen molar-refractivity contribution in [2.24, 2.45) is 0 Å². The highest BCUT2D eigenvalue weighted by atomic mass is 32.1. The number of hydrogen-bond acceptors (Lipinski definition) is 5. The van der Waals surface area contributed by atoms with E-state index in [9.17, 15) is 14.4 Å². The molecule has 1 aromatic heterocycles. The fraction of sp³-hybridized carbons (Fsp3) is 0.158. The highest BCUT2D eigenvalue weighted by Gasteiger charge is 2.29. The Morgan fingerprint density at radius 3 is 2.78 bits per heavy atom. The van der Waals surface area contributed by atoms with Crippen LogP contribution in [0.15, 0.2) is 42.5 Å². The van der Waals surface area contributed by atoms with Crippen molar-refractivity contribution in [3.05, 3.63) is 59.2 Å². The standard InChI is InChI=1S/C19H16N4O3S/c1-11-5-4-8-14-16(11)21-18(27-14)22-17(25)13-7-3-2-6-12(13)10-23-15(24)9-20-19(23)26/h2-8H,9-10H2,1H3,(H,20,26)(H,21,22,25). The summed E-state index contributed by atoms with van der Waals surface area (Å²) in [6, 6.07) is 12.4. The molecule has 27 heavy (non-hydrogen) atoms. The molecule has 8 heteroatoms. The Balaban J connectivity index is 1.59. The number of nitrogens with zero attached hydrogens (tertiary/aromatic N) is 2. The first-order chi connectivity index (χ1) is 13.0. The smallest absolute Gasteiger partial charge is 0.324 e. The number of amides is 4. The second kappa shape index (κ2) is 6.81. The summed E-state index contributed by atoms with van der Waals surface area (Å²) in [5.74, 6) is -0.633. The number of aromatic nitrogens is 1. The van der Waals surface area contributed by atoms with E-state index < -0.39 is 6.03 Å². The lowest BCUT2D eigenvalue weighted by Crippen LogP contribution is -2.31. The number of carbonyl (C=O) groups is 3. The number of para-hydroxylation sites is 1. The number of benzene rings is 2. The number of thiazole rings is 1. The van der Waals surface area contributed by atoms with Crippen LogP contribution in [-0.4, -0.2) is 34.3 Å². The highest BCUT2D eigenvalue weighted by Crippen LogP contribution is 2.28. The molecule has 0 spiro atoms. The van der Waals surface area contributed by atoms with E-state index in [0.29, 0.717) is 16.3 Å². The lowest BCUT2D eigenvalue weighted by molar-refractivity contribution is -0.125. The van der Waals surface area contributed by atoms with Crippen molar-refractivity contribution in [3.8, 4) is 0 Å². The predicted molar refractivity (Wildman–Crippen MR) is 103 cm³/mol. The second-order valence-electron chi connectivity index (χ2n) is 6.19. The van der Waals surface area contributed by atoms with Gasteiger partial charge in [-0.3, -0.25) is 19.8 Å². The maximum absolute atomic E-state index is 12.8. The maximum Gasteiger partial charge on any atom is 0.324 e. The number of rotatable bonds is 4. The predicted octanol–water partition coefficient (Wildman–Crippen LogP) is 2.91. The van der Waals surface area contributed by atoms with Crippen LogP contribution in [0.4, 0.5) is 9.93 Å². The Morgan fingerprint density at radius 1 is 1.22 bits per heavy atom. The third-order valence-corrected chi connectivity index (χ3v) is 5.30. The van der Waals surface area contributed by atoms with Crippen molar-refractivity contribution in [2.75, 3.05) is 11.9 Å². The summed E-state index contributed by atoms with van der Waals surface area (Å²) >= 11 is 1.40. The van der Waals surface area contributed by atoms with Gasteiger partial charge in [-0.05, 0) is 30.2 Å². The zero-order chi connectivity index (χ0) is 19.0. The van der Waals surface area contributed by atoms with Crippen LogP contribution in [0.5, 0.6) is 0 Å². The van der Waals surface area contributed by atoms with Gasteiger partial charge in [0.15, 0.2) is 5.13 Å². The molecule has 0 bridgehead atoms. The fourth-order valence-corrected chi connectivity index (χ4v) is 3.91. The molecule has 136 valence electrons. The zero-order valence-electron chi connectivity index (χ0n) is 14.5. The van der Waals surface area contributed by atoms with Gasteiger partial charge in [-0.1, -0.05) is 41.7 Å². The van der Waals surface area contributed by atoms with Gasteiger partial charge in [-0.2, -0.15) is 0 Å². The zero-order valence-corrected chi connectivity index (χ0v) is 15.3. The minimum Gasteiger partial charge on any atom is -0.329 e. The Hall–Kier alpha value is -3.26. The van der Waals surface area contributed by atoms with E-state index in [1.54, 1.807) is 24.3 Å². The topological polar surface area (TPSA) is 91.4 Å². The summed E-state index contributed by atoms with van der Waals surface area (Å²) < 4.78 is 0.998. The SMILES string of the molecule is Cc1cccc2sc(NC(=O)c3ccccc3CN3C(=O)CNC3=O)nc12. The van der Waals surface area contributed by atoms with E-state index in [-0.39, 0.29) is 24.9 Å². The molecule has 0 unspecified atom stereocenters. The van der Waals surface area contributed by atoms with Crippen molar-refractivity contribution < 1.29 is 14.4 Å². The van der Waals surface area contributed by atoms with Crippen LogP contribution in [0.1, 0.15) is 21.5 Å². The van der Waals surface area contributed by atoms with Crippen molar-refractivity contribution >= 4 is 44.5 Å². The van der Waals surface area contributed by atoms with Crippen LogP contribution in [0, 0.1) is 6.92 Å². The normalized spacial score (nSPS) is 13.9. The maximum atomic E-state index is 12.8. The quantitative estimate of drug-likeness (QED) is 0.681. The molecule has 1 aliphatic heterocycles. The third-order valence-electron chi connectivity index (χ3n) is 4.37. The highest BCUT2D eigenvalue weighted by molar-refractivity contribution is 7.22. The van der Waals surface area contributed by atoms with Crippen LogP contribution >= 0.6 is 11.3 Å². The van der Waals surface area contributed by atoms with Crippen molar-refractivity contribution in [2.45, 2.75) is 13.5 Å². The minimum atomic E-state index is -0.447. The van der Waals surface area contributed by atoms with Gasteiger partial charge in [-0.25, -0.2) is 9.78 Å². The molecule has 0 atom stereocenters. The molecule has 1 aliphatic rings. The van der Waals surface area contributed by atoms with Gasteiger partial charge in [0.25, 0.3) is 5.91 Å². The van der Waals surface area contributed by atoms with E-state index in [1.165, 1.54) is 11.3 Å². The van der Waals surface area contributed by atoms with Crippen LogP contribution in [0.25, 0.3) is 10.2 Å². The van der Waals surface area contributed by atoms with E-state index in [1.807, 2.05) is 25.1 Å². The molecule has 2 N–H and O–H groups in total. The van der Waals surface area contributed by atoms with Gasteiger partial charge >= 0.3 is 6.03 Å². The first kappa shape index (κ1) is 17.2. The first-order valence-electron chi connectivity index (χ1n) is 8.36. The number of hydrogen-bond donors (Lipinski definition) is 2. The number of nitrogens with one attached hydrogen (secondary N) is 2. The molecule has 0 radical (unpaired) electrons. The van der Waals surface area contributed by atoms with Gasteiger partial charge in [0.2, 0.25) is 5.91 Å². The average Bonchev–Trinajstić information content (AvgIpc) is 3.21. The lowest BCUT2D eigenvalue weighted by atomic mass is 10.1. The van der Waals surface area contributed by atoms with E-state index >= 15 is 0 Å². The minimum absolute atomic E-state index is 0.0156. The van der Waals surface area contributed by atoms with Crippen LogP contribution < -0.4 is 10.6 Å². The lowest BCUT2D eigenvalue weighted by Gasteiger charge is -2.15. The molecule has 2 heterocycles. The van der Waals surface area contributed by atoms with Crippen LogP contribution in [-0.2, 0) is 11.3 Å². The van der Waals surface area contributed by atoms with Gasteiger partial charge < -0.3 is 5.32 Å². The summed E-state index contributed by atoms with van der Waals surface area (Å²) in [7, 11) is 0. The van der Waals surface area contributed by atoms with E-state index in [4.69, 9.17) is 0 Å². The average molecular weight is 380 g/mol. The summed E-state index contributed by atoms with van der Waals surface area (Å²) in [5.41, 5.74) is 2.91. The number of aryl methyl sites for hydroxylation is 1. The number of carbonyl (C=O) groups excluding carboxylic acids is 3. The van der Waals surface area contributed by atoms with Gasteiger partial charge in [0, 0.05) is 5.56 Å². The van der Waals surface area contributed by atoms with Crippen molar-refractivity contribution in [1.82, 2.24) is 15.2 Å². The Morgan fingerprint density at radius 2 is 2.04 bits per heavy atom. The second-order valence-corrected chi connectivity index (χ2v) is 7.22. The van der Waals surface area contributed by atoms with Crippen LogP contribution in [0.3, 0.4) is 0 Å². The number of anilines is 1. The molecule has 1 fully saturated rings. The summed E-state index contributed by atoms with van der Waals surface area (Å²) in [4.78, 5) is 42.0. The van der Waals surface area contributed by atoms with Gasteiger partial charge in [-0.15, -0.1) is 0 Å². The third kappa shape index (κ3) is 3.26. The Kier molecular flexibility index (Phi) is 4.33. The largest absolute Gasteiger partial charge is 0.329 e. The monoisotopic (exact) mass is 380 g/mol. The molecule has 0 saturated carbocycles. The molecule has 0 aliphatic carbocycles. The molecule has 2 aromatic carbocycles. The molecular formula is C19H16N4O3S. The van der Waals surface area contributed by atoms with Gasteiger partial charge in [0.1, 0.15) is 0 Å². The van der Waals surface area contributed by atoms with Gasteiger partial charge in [0.05, 0.1) is 23.3 Å². The molecule has 4 rings (SSSR count). The van der Waals surface area contributed by atoms with E-state index in [0.717, 1.165) is 20.7 Å². The number of urea groups is 1. The summed E-state index contributed by atoms with van der Waals surface area (Å²) in [6.45, 7) is 2.01. The molecule has 3 aromatic rings. The van der Waals surface area contributed by atoms with Crippen molar-refractivity contribution in [1.29, 1.82) is 0 Å². The molecule has 1 saturated heterocycles. The fourth-order valence-electron chi connectivity index (χ4n) is 2.97. The summed E-state index contributed by atoms with van der Waals surface area (Å²) in [6.07, 6.45) is 0. The number of imide groups is 1. The van der Waals surface area contributed by atoms with E-state index in [2.05, 4.69) is 15.6 Å². The number of fused-ring (bicyclic) bond motifs is 1. The Bertz CT molecular complexity index is 1060. The molecular weight excluding hydrogens is 364 g/mol. The Labute approximate surface area is 159 Å². The summed E-state index contributed by atoms with van der Waals surface area (Å²) in [5, 5.41) is 5.81. The van der Waals surface area contributed by atoms with Crippen molar-refractivity contribution in [3.63, 3.8) is 0 Å². The molecule has 7 nitrogen and oxygen atoms in total. The van der Waals surface area contributed by atoms with Crippen LogP contribution in [0.2, 0.25) is 0 Å². The first-order valence-corrected chi connectivity index (χ1v) is 9.18. The molecule has 4 amide bonds.